The van der Waals surface area contributed by atoms with E-state index in [1.165, 1.54) is 0 Å². The molecular weight excluding hydrogens is 286 g/mol. The molecule has 0 radical (unpaired) electrons. The summed E-state index contributed by atoms with van der Waals surface area (Å²) in [5, 5.41) is 0.633. The number of hydrogen-bond donors (Lipinski definition) is 1. The van der Waals surface area contributed by atoms with E-state index < -0.39 is 9.84 Å². The number of nitrogen functional groups attached to an aromatic ring is 1. The van der Waals surface area contributed by atoms with Crippen LogP contribution in [0.25, 0.3) is 0 Å². The number of piperidine rings is 1. The van der Waals surface area contributed by atoms with Gasteiger partial charge < -0.3 is 15.4 Å². The van der Waals surface area contributed by atoms with Gasteiger partial charge in [0.1, 0.15) is 9.90 Å². The molecule has 1 saturated heterocycles. The summed E-state index contributed by atoms with van der Waals surface area (Å²) in [4.78, 5) is 2.17. The molecule has 108 valence electrons. The molecule has 2 atom stereocenters. The molecule has 1 aliphatic heterocycles. The fourth-order valence-corrected chi connectivity index (χ4v) is 4.60. The first-order chi connectivity index (χ1) is 8.84. The Hall–Kier alpha value is -0.860. The molecule has 0 aromatic carbocycles. The molecule has 2 unspecified atom stereocenters. The zero-order chi connectivity index (χ0) is 14.2. The highest BCUT2D eigenvalue weighted by molar-refractivity contribution is 7.91. The first-order valence-electron chi connectivity index (χ1n) is 6.07. The van der Waals surface area contributed by atoms with E-state index in [9.17, 15) is 8.42 Å². The van der Waals surface area contributed by atoms with Gasteiger partial charge in [0.25, 0.3) is 0 Å². The third kappa shape index (κ3) is 2.85. The molecule has 8 heteroatoms. The van der Waals surface area contributed by atoms with Crippen LogP contribution < -0.4 is 10.6 Å². The van der Waals surface area contributed by atoms with Crippen LogP contribution >= 0.6 is 11.5 Å². The Balaban J connectivity index is 2.33. The van der Waals surface area contributed by atoms with Gasteiger partial charge in [-0.2, -0.15) is 4.37 Å². The molecule has 0 bridgehead atoms. The first-order valence-corrected chi connectivity index (χ1v) is 8.74. The largest absolute Gasteiger partial charge is 0.382 e. The minimum absolute atomic E-state index is 0.0927. The van der Waals surface area contributed by atoms with Crippen LogP contribution in [0.4, 0.5) is 10.8 Å². The molecule has 1 fully saturated rings. The number of hydrogen-bond acceptors (Lipinski definition) is 7. The van der Waals surface area contributed by atoms with Crippen molar-refractivity contribution in [2.24, 2.45) is 5.92 Å². The van der Waals surface area contributed by atoms with Crippen molar-refractivity contribution < 1.29 is 13.2 Å². The second kappa shape index (κ2) is 5.26. The Bertz CT molecular complexity index is 556. The number of ether oxygens (including phenoxy) is 1. The van der Waals surface area contributed by atoms with Gasteiger partial charge in [-0.3, -0.25) is 0 Å². The summed E-state index contributed by atoms with van der Waals surface area (Å²) in [7, 11) is -1.68. The highest BCUT2D eigenvalue weighted by atomic mass is 32.2. The highest BCUT2D eigenvalue weighted by Gasteiger charge is 2.31. The van der Waals surface area contributed by atoms with E-state index in [1.807, 2.05) is 4.90 Å². The van der Waals surface area contributed by atoms with E-state index in [0.29, 0.717) is 17.5 Å². The molecule has 1 aliphatic rings. The van der Waals surface area contributed by atoms with Gasteiger partial charge in [0.05, 0.1) is 6.10 Å². The Kier molecular flexibility index (Phi) is 4.03. The van der Waals surface area contributed by atoms with E-state index in [0.717, 1.165) is 30.8 Å². The van der Waals surface area contributed by atoms with Gasteiger partial charge in [-0.25, -0.2) is 8.42 Å². The molecule has 2 N–H and O–H groups in total. The van der Waals surface area contributed by atoms with Crippen molar-refractivity contribution in [3.8, 4) is 0 Å². The summed E-state index contributed by atoms with van der Waals surface area (Å²) in [6.45, 7) is 3.61. The monoisotopic (exact) mass is 305 g/mol. The van der Waals surface area contributed by atoms with E-state index >= 15 is 0 Å². The molecule has 0 aliphatic carbocycles. The Labute approximate surface area is 117 Å². The molecule has 2 rings (SSSR count). The van der Waals surface area contributed by atoms with Crippen LogP contribution in [0.15, 0.2) is 4.90 Å². The predicted octanol–water partition coefficient (Wildman–Crippen LogP) is 0.990. The second-order valence-electron chi connectivity index (χ2n) is 4.96. The van der Waals surface area contributed by atoms with Crippen LogP contribution in [0, 0.1) is 5.92 Å². The lowest BCUT2D eigenvalue weighted by atomic mass is 9.96. The topological polar surface area (TPSA) is 85.5 Å². The van der Waals surface area contributed by atoms with Crippen LogP contribution in [0.2, 0.25) is 0 Å². The maximum atomic E-state index is 11.8. The smallest absolute Gasteiger partial charge is 0.182 e. The van der Waals surface area contributed by atoms with Gasteiger partial charge in [-0.15, -0.1) is 0 Å². The molecule has 0 saturated carbocycles. The molecule has 6 nitrogen and oxygen atoms in total. The van der Waals surface area contributed by atoms with Gasteiger partial charge in [-0.05, 0) is 23.9 Å². The average Bonchev–Trinajstić information content (AvgIpc) is 2.71. The molecule has 0 spiro atoms. The van der Waals surface area contributed by atoms with Gasteiger partial charge >= 0.3 is 0 Å². The highest BCUT2D eigenvalue weighted by Crippen LogP contribution is 2.36. The van der Waals surface area contributed by atoms with Crippen LogP contribution in [-0.4, -0.2) is 45.4 Å². The maximum absolute atomic E-state index is 11.8. The molecule has 2 heterocycles. The summed E-state index contributed by atoms with van der Waals surface area (Å²) in [6.07, 6.45) is 2.22. The van der Waals surface area contributed by atoms with Crippen molar-refractivity contribution in [2.75, 3.05) is 37.1 Å². The van der Waals surface area contributed by atoms with Crippen LogP contribution in [0.1, 0.15) is 13.3 Å². The van der Waals surface area contributed by atoms with Gasteiger partial charge in [-0.1, -0.05) is 6.92 Å². The van der Waals surface area contributed by atoms with Crippen LogP contribution in [-0.2, 0) is 14.6 Å². The summed E-state index contributed by atoms with van der Waals surface area (Å²) >= 11 is 1.14. The van der Waals surface area contributed by atoms with E-state index in [2.05, 4.69) is 11.3 Å². The van der Waals surface area contributed by atoms with E-state index in [1.54, 1.807) is 7.11 Å². The lowest BCUT2D eigenvalue weighted by Crippen LogP contribution is -2.44. The number of rotatable bonds is 3. The molecular formula is C11H19N3O3S2. The summed E-state index contributed by atoms with van der Waals surface area (Å²) in [5.74, 6) is 0.559. The average molecular weight is 305 g/mol. The normalized spacial score (nSPS) is 24.7. The Morgan fingerprint density at radius 1 is 1.53 bits per heavy atom. The molecule has 19 heavy (non-hydrogen) atoms. The maximum Gasteiger partial charge on any atom is 0.182 e. The zero-order valence-electron chi connectivity index (χ0n) is 11.3. The quantitative estimate of drug-likeness (QED) is 0.896. The number of nitrogens with zero attached hydrogens (tertiary/aromatic N) is 2. The number of aromatic nitrogens is 1. The minimum atomic E-state index is -3.37. The van der Waals surface area contributed by atoms with Gasteiger partial charge in [0.2, 0.25) is 0 Å². The second-order valence-corrected chi connectivity index (χ2v) is 7.66. The summed E-state index contributed by atoms with van der Waals surface area (Å²) in [5.41, 5.74) is 5.69. The molecule has 1 aromatic heterocycles. The van der Waals surface area contributed by atoms with E-state index in [4.69, 9.17) is 10.5 Å². The van der Waals surface area contributed by atoms with Crippen molar-refractivity contribution in [1.82, 2.24) is 4.37 Å². The summed E-state index contributed by atoms with van der Waals surface area (Å²) in [6, 6.07) is 0. The van der Waals surface area contributed by atoms with Crippen molar-refractivity contribution in [1.29, 1.82) is 0 Å². The fraction of sp³-hybridized carbons (Fsp3) is 0.727. The minimum Gasteiger partial charge on any atom is -0.382 e. The SMILES string of the molecule is COC1CN(c2snc(N)c2S(C)(=O)=O)CCC1C. The lowest BCUT2D eigenvalue weighted by Gasteiger charge is -2.36. The summed E-state index contributed by atoms with van der Waals surface area (Å²) < 4.78 is 33.1. The number of nitrogens with two attached hydrogens (primary N) is 1. The Morgan fingerprint density at radius 3 is 2.79 bits per heavy atom. The third-order valence-electron chi connectivity index (χ3n) is 3.51. The first kappa shape index (κ1) is 14.5. The van der Waals surface area contributed by atoms with Crippen molar-refractivity contribution >= 4 is 32.2 Å². The van der Waals surface area contributed by atoms with Gasteiger partial charge in [0, 0.05) is 26.5 Å². The van der Waals surface area contributed by atoms with Gasteiger partial charge in [0.15, 0.2) is 15.7 Å². The number of sulfone groups is 1. The van der Waals surface area contributed by atoms with Crippen LogP contribution in [0.3, 0.4) is 0 Å². The van der Waals surface area contributed by atoms with Crippen LogP contribution in [0.5, 0.6) is 0 Å². The number of anilines is 2. The standard InChI is InChI=1S/C11H19N3O3S2/c1-7-4-5-14(6-8(7)17-2)11-9(19(3,15)16)10(12)13-18-11/h7-8H,4-6H2,1-3H3,(H2,12,13). The number of methoxy groups -OCH3 is 1. The fourth-order valence-electron chi connectivity index (χ4n) is 2.36. The lowest BCUT2D eigenvalue weighted by molar-refractivity contribution is 0.0499. The van der Waals surface area contributed by atoms with Crippen molar-refractivity contribution in [3.63, 3.8) is 0 Å². The predicted molar refractivity (Wildman–Crippen MR) is 76.4 cm³/mol. The zero-order valence-corrected chi connectivity index (χ0v) is 12.9. The molecule has 1 aromatic rings. The molecule has 0 amide bonds. The van der Waals surface area contributed by atoms with Crippen molar-refractivity contribution in [2.45, 2.75) is 24.3 Å². The third-order valence-corrected chi connectivity index (χ3v) is 5.70. The van der Waals surface area contributed by atoms with E-state index in [-0.39, 0.29) is 16.8 Å². The van der Waals surface area contributed by atoms with Crippen molar-refractivity contribution in [3.05, 3.63) is 0 Å². The Morgan fingerprint density at radius 2 is 2.21 bits per heavy atom.